The molecule has 0 aliphatic rings. The van der Waals surface area contributed by atoms with Crippen LogP contribution in [0, 0.1) is 0 Å². The zero-order valence-electron chi connectivity index (χ0n) is 6.80. The van der Waals surface area contributed by atoms with Gasteiger partial charge in [-0.15, -0.1) is 0 Å². The lowest BCUT2D eigenvalue weighted by molar-refractivity contribution is 0.327. The molecule has 1 unspecified atom stereocenters. The third-order valence-electron chi connectivity index (χ3n) is 1.57. The zero-order valence-corrected chi connectivity index (χ0v) is 8.32. The summed E-state index contributed by atoms with van der Waals surface area (Å²) < 4.78 is 13.3. The molecule has 0 bridgehead atoms. The molecule has 2 N–H and O–H groups in total. The molecule has 0 aliphatic heterocycles. The zero-order chi connectivity index (χ0) is 9.84. The maximum Gasteiger partial charge on any atom is 0.131 e. The summed E-state index contributed by atoms with van der Waals surface area (Å²) in [5.74, 6) is 0. The lowest BCUT2D eigenvalue weighted by atomic mass is 10.1. The van der Waals surface area contributed by atoms with Crippen LogP contribution in [0.5, 0.6) is 0 Å². The fourth-order valence-corrected chi connectivity index (χ4v) is 1.45. The quantitative estimate of drug-likeness (QED) is 0.800. The SMILES string of the molecule is NCCC(F)c1cc(Cl)nc(Cl)c1. The number of alkyl halides is 1. The predicted molar refractivity (Wildman–Crippen MR) is 51.8 cm³/mol. The van der Waals surface area contributed by atoms with Gasteiger partial charge in [0.25, 0.3) is 0 Å². The van der Waals surface area contributed by atoms with Gasteiger partial charge in [0.05, 0.1) is 0 Å². The average molecular weight is 223 g/mol. The molecular formula is C8H9Cl2FN2. The van der Waals surface area contributed by atoms with Gasteiger partial charge in [-0.05, 0) is 30.7 Å². The van der Waals surface area contributed by atoms with Crippen molar-refractivity contribution in [3.63, 3.8) is 0 Å². The van der Waals surface area contributed by atoms with Crippen molar-refractivity contribution in [3.8, 4) is 0 Å². The third-order valence-corrected chi connectivity index (χ3v) is 1.95. The maximum atomic E-state index is 13.3. The Hall–Kier alpha value is -0.380. The van der Waals surface area contributed by atoms with Crippen LogP contribution in [0.15, 0.2) is 12.1 Å². The molecule has 72 valence electrons. The molecule has 0 aliphatic carbocycles. The molecular weight excluding hydrogens is 214 g/mol. The Balaban J connectivity index is 2.87. The molecule has 0 fully saturated rings. The molecule has 2 nitrogen and oxygen atoms in total. The van der Waals surface area contributed by atoms with Crippen molar-refractivity contribution in [1.29, 1.82) is 0 Å². The standard InChI is InChI=1S/C8H9Cl2FN2/c9-7-3-5(4-8(10)13-7)6(11)1-2-12/h3-4,6H,1-2,12H2. The van der Waals surface area contributed by atoms with E-state index in [4.69, 9.17) is 28.9 Å². The molecule has 0 aromatic carbocycles. The van der Waals surface area contributed by atoms with E-state index in [9.17, 15) is 4.39 Å². The minimum Gasteiger partial charge on any atom is -0.330 e. The number of halogens is 3. The minimum absolute atomic E-state index is 0.196. The highest BCUT2D eigenvalue weighted by atomic mass is 35.5. The lowest BCUT2D eigenvalue weighted by Gasteiger charge is -2.07. The highest BCUT2D eigenvalue weighted by Gasteiger charge is 2.10. The Morgan fingerprint density at radius 2 is 1.92 bits per heavy atom. The van der Waals surface area contributed by atoms with Gasteiger partial charge in [-0.3, -0.25) is 0 Å². The Labute approximate surface area is 85.9 Å². The Morgan fingerprint density at radius 1 is 1.38 bits per heavy atom. The van der Waals surface area contributed by atoms with Crippen LogP contribution in [0.1, 0.15) is 18.2 Å². The van der Waals surface area contributed by atoms with Gasteiger partial charge in [0.2, 0.25) is 0 Å². The van der Waals surface area contributed by atoms with E-state index in [1.54, 1.807) is 0 Å². The summed E-state index contributed by atoms with van der Waals surface area (Å²) in [6.45, 7) is 0.290. The van der Waals surface area contributed by atoms with Crippen molar-refractivity contribution >= 4 is 23.2 Å². The van der Waals surface area contributed by atoms with Crippen molar-refractivity contribution in [2.45, 2.75) is 12.6 Å². The fraction of sp³-hybridized carbons (Fsp3) is 0.375. The summed E-state index contributed by atoms with van der Waals surface area (Å²) in [5.41, 5.74) is 5.65. The topological polar surface area (TPSA) is 38.9 Å². The van der Waals surface area contributed by atoms with Crippen molar-refractivity contribution < 1.29 is 4.39 Å². The molecule has 1 aromatic heterocycles. The van der Waals surface area contributed by atoms with E-state index in [-0.39, 0.29) is 16.7 Å². The van der Waals surface area contributed by atoms with Crippen LogP contribution in [-0.4, -0.2) is 11.5 Å². The van der Waals surface area contributed by atoms with Gasteiger partial charge in [-0.1, -0.05) is 23.2 Å². The second kappa shape index (κ2) is 4.74. The normalized spacial score (nSPS) is 12.9. The first kappa shape index (κ1) is 10.7. The molecule has 13 heavy (non-hydrogen) atoms. The van der Waals surface area contributed by atoms with Crippen LogP contribution in [0.3, 0.4) is 0 Å². The van der Waals surface area contributed by atoms with Gasteiger partial charge in [0.15, 0.2) is 0 Å². The van der Waals surface area contributed by atoms with E-state index in [2.05, 4.69) is 4.98 Å². The molecule has 5 heteroatoms. The van der Waals surface area contributed by atoms with E-state index in [1.165, 1.54) is 12.1 Å². The number of nitrogens with zero attached hydrogens (tertiary/aromatic N) is 1. The number of aromatic nitrogens is 1. The van der Waals surface area contributed by atoms with Crippen LogP contribution in [0.25, 0.3) is 0 Å². The van der Waals surface area contributed by atoms with E-state index in [1.807, 2.05) is 0 Å². The van der Waals surface area contributed by atoms with Gasteiger partial charge >= 0.3 is 0 Å². The van der Waals surface area contributed by atoms with Crippen molar-refractivity contribution in [2.24, 2.45) is 5.73 Å². The molecule has 0 spiro atoms. The number of rotatable bonds is 3. The minimum atomic E-state index is -1.12. The summed E-state index contributed by atoms with van der Waals surface area (Å²) >= 11 is 11.2. The van der Waals surface area contributed by atoms with E-state index >= 15 is 0 Å². The van der Waals surface area contributed by atoms with Crippen LogP contribution >= 0.6 is 23.2 Å². The Morgan fingerprint density at radius 3 is 2.38 bits per heavy atom. The monoisotopic (exact) mass is 222 g/mol. The number of hydrogen-bond donors (Lipinski definition) is 1. The number of hydrogen-bond acceptors (Lipinski definition) is 2. The first-order chi connectivity index (χ1) is 6.13. The smallest absolute Gasteiger partial charge is 0.131 e. The molecule has 1 heterocycles. The highest BCUT2D eigenvalue weighted by molar-refractivity contribution is 6.32. The summed E-state index contributed by atoms with van der Waals surface area (Å²) in [6.07, 6.45) is -0.862. The van der Waals surface area contributed by atoms with E-state index in [0.717, 1.165) is 0 Å². The highest BCUT2D eigenvalue weighted by Crippen LogP contribution is 2.24. The van der Waals surface area contributed by atoms with Gasteiger partial charge in [0.1, 0.15) is 16.5 Å². The Kier molecular flexibility index (Phi) is 3.90. The molecule has 0 amide bonds. The summed E-state index contributed by atoms with van der Waals surface area (Å²) in [6, 6.07) is 2.90. The van der Waals surface area contributed by atoms with E-state index < -0.39 is 6.17 Å². The van der Waals surface area contributed by atoms with Crippen molar-refractivity contribution in [2.75, 3.05) is 6.54 Å². The molecule has 0 radical (unpaired) electrons. The van der Waals surface area contributed by atoms with Crippen LogP contribution in [0.4, 0.5) is 4.39 Å². The Bertz CT molecular complexity index is 273. The molecule has 1 atom stereocenters. The summed E-state index contributed by atoms with van der Waals surface area (Å²) in [5, 5.41) is 0.393. The average Bonchev–Trinajstić information content (AvgIpc) is 2.03. The molecule has 1 aromatic rings. The summed E-state index contributed by atoms with van der Waals surface area (Å²) in [4.78, 5) is 3.71. The second-order valence-corrected chi connectivity index (χ2v) is 3.37. The van der Waals surface area contributed by atoms with Gasteiger partial charge in [0, 0.05) is 0 Å². The first-order valence-corrected chi connectivity index (χ1v) is 4.56. The number of nitrogens with two attached hydrogens (primary N) is 1. The molecule has 0 saturated carbocycles. The lowest BCUT2D eigenvalue weighted by Crippen LogP contribution is -2.03. The third kappa shape index (κ3) is 3.10. The molecule has 1 rings (SSSR count). The van der Waals surface area contributed by atoms with Gasteiger partial charge < -0.3 is 5.73 Å². The van der Waals surface area contributed by atoms with Crippen molar-refractivity contribution in [3.05, 3.63) is 28.0 Å². The second-order valence-electron chi connectivity index (χ2n) is 2.59. The van der Waals surface area contributed by atoms with Crippen LogP contribution in [0.2, 0.25) is 10.3 Å². The predicted octanol–water partition coefficient (Wildman–Crippen LogP) is 2.75. The largest absolute Gasteiger partial charge is 0.330 e. The molecule has 0 saturated heterocycles. The number of pyridine rings is 1. The van der Waals surface area contributed by atoms with E-state index in [0.29, 0.717) is 12.1 Å². The first-order valence-electron chi connectivity index (χ1n) is 3.80. The maximum absolute atomic E-state index is 13.3. The fourth-order valence-electron chi connectivity index (χ4n) is 0.977. The van der Waals surface area contributed by atoms with Crippen LogP contribution in [-0.2, 0) is 0 Å². The van der Waals surface area contributed by atoms with Crippen molar-refractivity contribution in [1.82, 2.24) is 4.98 Å². The summed E-state index contributed by atoms with van der Waals surface area (Å²) in [7, 11) is 0. The van der Waals surface area contributed by atoms with Gasteiger partial charge in [-0.2, -0.15) is 0 Å². The van der Waals surface area contributed by atoms with Gasteiger partial charge in [-0.25, -0.2) is 9.37 Å². The van der Waals surface area contributed by atoms with Crippen LogP contribution < -0.4 is 5.73 Å².